The van der Waals surface area contributed by atoms with E-state index in [1.54, 1.807) is 24.4 Å². The van der Waals surface area contributed by atoms with Crippen LogP contribution in [0.4, 0.5) is 5.95 Å². The summed E-state index contributed by atoms with van der Waals surface area (Å²) in [5.74, 6) is 1.68. The van der Waals surface area contributed by atoms with E-state index in [2.05, 4.69) is 22.0 Å². The predicted molar refractivity (Wildman–Crippen MR) is 139 cm³/mol. The minimum Gasteiger partial charge on any atom is -0.490 e. The molecule has 1 fully saturated rings. The maximum atomic E-state index is 12.7. The summed E-state index contributed by atoms with van der Waals surface area (Å²) >= 11 is 0. The molecule has 1 unspecified atom stereocenters. The summed E-state index contributed by atoms with van der Waals surface area (Å²) in [7, 11) is -3.29. The second kappa shape index (κ2) is 10.3. The van der Waals surface area contributed by atoms with Gasteiger partial charge in [0.15, 0.2) is 9.84 Å². The highest BCUT2D eigenvalue weighted by atomic mass is 32.2. The Morgan fingerprint density at radius 1 is 1.03 bits per heavy atom. The first kappa shape index (κ1) is 24.2. The number of hydrogen-bond acceptors (Lipinski definition) is 7. The van der Waals surface area contributed by atoms with Crippen molar-refractivity contribution >= 4 is 15.8 Å². The number of hydrogen-bond donors (Lipinski definition) is 0. The third-order valence-electron chi connectivity index (χ3n) is 6.76. The molecule has 0 radical (unpaired) electrons. The zero-order chi connectivity index (χ0) is 25.1. The molecule has 36 heavy (non-hydrogen) atoms. The van der Waals surface area contributed by atoms with Crippen molar-refractivity contribution in [3.8, 4) is 11.4 Å². The Morgan fingerprint density at radius 3 is 2.47 bits per heavy atom. The molecule has 3 heterocycles. The normalized spacial score (nSPS) is 18.8. The van der Waals surface area contributed by atoms with E-state index in [0.717, 1.165) is 56.7 Å². The van der Waals surface area contributed by atoms with Crippen molar-refractivity contribution in [1.29, 1.82) is 0 Å². The molecule has 3 aromatic rings. The summed E-state index contributed by atoms with van der Waals surface area (Å²) in [5.41, 5.74) is 1.44. The molecule has 2 aliphatic rings. The SMILES string of the molecule is CS(=O)(=O)c1ccc(-n2ccc(OC3CCN(c4nccc(C5C=CCCC5)n4)CC3)cc2=O)cc1. The van der Waals surface area contributed by atoms with Gasteiger partial charge >= 0.3 is 0 Å². The third-order valence-corrected chi connectivity index (χ3v) is 7.89. The van der Waals surface area contributed by atoms with E-state index in [0.29, 0.717) is 17.4 Å². The second-order valence-corrected chi connectivity index (χ2v) is 11.4. The first-order chi connectivity index (χ1) is 17.4. The number of benzene rings is 1. The van der Waals surface area contributed by atoms with E-state index >= 15 is 0 Å². The number of pyridine rings is 1. The average Bonchev–Trinajstić information content (AvgIpc) is 2.89. The Balaban J connectivity index is 1.20. The second-order valence-electron chi connectivity index (χ2n) is 9.39. The van der Waals surface area contributed by atoms with Crippen LogP contribution in [0.3, 0.4) is 0 Å². The molecule has 0 N–H and O–H groups in total. The smallest absolute Gasteiger partial charge is 0.258 e. The fourth-order valence-corrected chi connectivity index (χ4v) is 5.38. The lowest BCUT2D eigenvalue weighted by Crippen LogP contribution is -2.39. The van der Waals surface area contributed by atoms with Crippen molar-refractivity contribution in [2.75, 3.05) is 24.2 Å². The summed E-state index contributed by atoms with van der Waals surface area (Å²) in [6.07, 6.45) is 14.3. The van der Waals surface area contributed by atoms with Gasteiger partial charge in [0.1, 0.15) is 11.9 Å². The van der Waals surface area contributed by atoms with Gasteiger partial charge < -0.3 is 9.64 Å². The molecule has 5 rings (SSSR count). The van der Waals surface area contributed by atoms with E-state index in [9.17, 15) is 13.2 Å². The molecule has 1 aromatic carbocycles. The molecule has 8 nitrogen and oxygen atoms in total. The molecule has 9 heteroatoms. The minimum atomic E-state index is -3.29. The van der Waals surface area contributed by atoms with Gasteiger partial charge in [0.05, 0.1) is 10.6 Å². The number of sulfone groups is 1. The summed E-state index contributed by atoms with van der Waals surface area (Å²) < 4.78 is 30.9. The Kier molecular flexibility index (Phi) is 6.91. The number of allylic oxidation sites excluding steroid dienone is 2. The molecular formula is C27H30N4O4S. The van der Waals surface area contributed by atoms with Gasteiger partial charge in [-0.05, 0) is 55.7 Å². The Labute approximate surface area is 211 Å². The average molecular weight is 507 g/mol. The first-order valence-electron chi connectivity index (χ1n) is 12.3. The van der Waals surface area contributed by atoms with Crippen LogP contribution in [0.5, 0.6) is 5.75 Å². The van der Waals surface area contributed by atoms with Crippen molar-refractivity contribution in [2.45, 2.75) is 49.0 Å². The number of ether oxygens (including phenoxy) is 1. The maximum Gasteiger partial charge on any atom is 0.258 e. The number of rotatable bonds is 6. The van der Waals surface area contributed by atoms with Crippen LogP contribution >= 0.6 is 0 Å². The third kappa shape index (κ3) is 5.51. The molecular weight excluding hydrogens is 476 g/mol. The molecule has 2 aromatic heterocycles. The summed E-state index contributed by atoms with van der Waals surface area (Å²) in [6.45, 7) is 1.58. The van der Waals surface area contributed by atoms with E-state index in [1.165, 1.54) is 29.2 Å². The number of piperidine rings is 1. The summed E-state index contributed by atoms with van der Waals surface area (Å²) in [6, 6.07) is 11.5. The summed E-state index contributed by atoms with van der Waals surface area (Å²) in [4.78, 5) is 24.5. The van der Waals surface area contributed by atoms with Crippen molar-refractivity contribution in [1.82, 2.24) is 14.5 Å². The molecule has 0 bridgehead atoms. The molecule has 0 spiro atoms. The van der Waals surface area contributed by atoms with Crippen LogP contribution in [0.15, 0.2) is 76.7 Å². The molecule has 1 saturated heterocycles. The fraction of sp³-hybridized carbons (Fsp3) is 0.370. The monoisotopic (exact) mass is 506 g/mol. The highest BCUT2D eigenvalue weighted by Gasteiger charge is 2.23. The lowest BCUT2D eigenvalue weighted by molar-refractivity contribution is 0.170. The zero-order valence-electron chi connectivity index (χ0n) is 20.3. The number of aromatic nitrogens is 3. The van der Waals surface area contributed by atoms with Gasteiger partial charge in [-0.2, -0.15) is 0 Å². The van der Waals surface area contributed by atoms with Crippen LogP contribution in [-0.2, 0) is 9.84 Å². The lowest BCUT2D eigenvalue weighted by Gasteiger charge is -2.32. The van der Waals surface area contributed by atoms with Crippen LogP contribution in [0, 0.1) is 0 Å². The largest absolute Gasteiger partial charge is 0.490 e. The quantitative estimate of drug-likeness (QED) is 0.468. The number of anilines is 1. The first-order valence-corrected chi connectivity index (χ1v) is 14.2. The standard InChI is InChI=1S/C27H30N4O4S/c1-36(33,34)24-9-7-21(8-10-24)31-18-14-23(19-26(31)32)35-22-12-16-30(17-13-22)27-28-15-11-25(29-27)20-5-3-2-4-6-20/h3,5,7-11,14-15,18-20,22H,2,4,6,12-13,16-17H2,1H3. The topological polar surface area (TPSA) is 94.4 Å². The van der Waals surface area contributed by atoms with Crippen LogP contribution in [0.1, 0.15) is 43.7 Å². The summed E-state index contributed by atoms with van der Waals surface area (Å²) in [5, 5.41) is 0. The van der Waals surface area contributed by atoms with Crippen molar-refractivity contribution in [3.05, 3.63) is 83.1 Å². The molecule has 1 aliphatic carbocycles. The van der Waals surface area contributed by atoms with Crippen LogP contribution in [-0.4, -0.2) is 48.4 Å². The van der Waals surface area contributed by atoms with E-state index in [-0.39, 0.29) is 16.6 Å². The van der Waals surface area contributed by atoms with Gasteiger partial charge in [-0.15, -0.1) is 0 Å². The van der Waals surface area contributed by atoms with Crippen LogP contribution in [0.2, 0.25) is 0 Å². The van der Waals surface area contributed by atoms with Gasteiger partial charge in [0.2, 0.25) is 5.95 Å². The van der Waals surface area contributed by atoms with E-state index < -0.39 is 9.84 Å². The highest BCUT2D eigenvalue weighted by Crippen LogP contribution is 2.28. The van der Waals surface area contributed by atoms with Crippen LogP contribution < -0.4 is 15.2 Å². The predicted octanol–water partition coefficient (Wildman–Crippen LogP) is 3.90. The van der Waals surface area contributed by atoms with Gasteiger partial charge in [-0.3, -0.25) is 9.36 Å². The minimum absolute atomic E-state index is 0.00926. The Morgan fingerprint density at radius 2 is 1.81 bits per heavy atom. The Bertz CT molecular complexity index is 1410. The van der Waals surface area contributed by atoms with Crippen LogP contribution in [0.25, 0.3) is 5.69 Å². The van der Waals surface area contributed by atoms with E-state index in [1.807, 2.05) is 12.3 Å². The van der Waals surface area contributed by atoms with Gasteiger partial charge in [0, 0.05) is 62.3 Å². The molecule has 0 amide bonds. The molecule has 1 atom stereocenters. The van der Waals surface area contributed by atoms with Gasteiger partial charge in [-0.25, -0.2) is 18.4 Å². The lowest BCUT2D eigenvalue weighted by atomic mass is 9.93. The van der Waals surface area contributed by atoms with Crippen molar-refractivity contribution in [3.63, 3.8) is 0 Å². The van der Waals surface area contributed by atoms with Gasteiger partial charge in [-0.1, -0.05) is 12.2 Å². The molecule has 1 aliphatic heterocycles. The van der Waals surface area contributed by atoms with Crippen molar-refractivity contribution < 1.29 is 13.2 Å². The Hall–Kier alpha value is -3.46. The zero-order valence-corrected chi connectivity index (χ0v) is 21.1. The van der Waals surface area contributed by atoms with E-state index in [4.69, 9.17) is 9.72 Å². The maximum absolute atomic E-state index is 12.7. The number of nitrogens with zero attached hydrogens (tertiary/aromatic N) is 4. The molecule has 0 saturated carbocycles. The highest BCUT2D eigenvalue weighted by molar-refractivity contribution is 7.90. The van der Waals surface area contributed by atoms with Crippen molar-refractivity contribution in [2.24, 2.45) is 0 Å². The fourth-order valence-electron chi connectivity index (χ4n) is 4.75. The van der Waals surface area contributed by atoms with Gasteiger partial charge in [0.25, 0.3) is 5.56 Å². The molecule has 188 valence electrons.